The summed E-state index contributed by atoms with van der Waals surface area (Å²) < 4.78 is 0.939. The van der Waals surface area contributed by atoms with E-state index in [1.807, 2.05) is 0 Å². The number of phenolic OH excluding ortho intramolecular Hbond substituents is 1. The van der Waals surface area contributed by atoms with E-state index in [1.54, 1.807) is 20.7 Å². The van der Waals surface area contributed by atoms with Gasteiger partial charge >= 0.3 is 0 Å². The molecule has 0 saturated carbocycles. The molecule has 138 valence electrons. The van der Waals surface area contributed by atoms with Crippen molar-refractivity contribution in [1.29, 1.82) is 0 Å². The van der Waals surface area contributed by atoms with Gasteiger partial charge in [0.15, 0.2) is 0 Å². The Morgan fingerprint density at radius 2 is 1.44 bits per heavy atom. The average molecular weight is 395 g/mol. The summed E-state index contributed by atoms with van der Waals surface area (Å²) in [5.74, 6) is 0.477. The summed E-state index contributed by atoms with van der Waals surface area (Å²) in [6, 6.07) is 4.34. The molecule has 0 aliphatic heterocycles. The fourth-order valence-corrected chi connectivity index (χ4v) is 6.13. The van der Waals surface area contributed by atoms with Gasteiger partial charge in [0.2, 0.25) is 0 Å². The third-order valence-corrected chi connectivity index (χ3v) is 7.80. The van der Waals surface area contributed by atoms with Crippen LogP contribution < -0.4 is 0 Å². The molecule has 0 aliphatic carbocycles. The van der Waals surface area contributed by atoms with Crippen molar-refractivity contribution in [2.75, 3.05) is 0 Å². The fraction of sp³-hybridized carbons (Fsp3) is 0.571. The van der Waals surface area contributed by atoms with E-state index >= 15 is 0 Å². The van der Waals surface area contributed by atoms with E-state index in [0.717, 1.165) is 51.8 Å². The Labute approximate surface area is 165 Å². The molecular formula is C21H30OS3. The number of benzene rings is 1. The van der Waals surface area contributed by atoms with Crippen LogP contribution in [0.1, 0.15) is 78.4 Å². The molecule has 0 fully saturated rings. The van der Waals surface area contributed by atoms with Crippen molar-refractivity contribution in [3.8, 4) is 16.9 Å². The van der Waals surface area contributed by atoms with E-state index in [-0.39, 0.29) is 10.8 Å². The predicted molar refractivity (Wildman–Crippen MR) is 116 cm³/mol. The fourth-order valence-electron chi connectivity index (χ4n) is 3.74. The van der Waals surface area contributed by atoms with E-state index in [1.165, 1.54) is 0 Å². The first-order valence-electron chi connectivity index (χ1n) is 9.10. The van der Waals surface area contributed by atoms with Crippen LogP contribution in [0.2, 0.25) is 0 Å². The van der Waals surface area contributed by atoms with Gasteiger partial charge in [0.1, 0.15) is 9.57 Å². The van der Waals surface area contributed by atoms with Crippen LogP contribution in [-0.2, 0) is 10.8 Å². The molecule has 0 unspecified atom stereocenters. The topological polar surface area (TPSA) is 20.2 Å². The van der Waals surface area contributed by atoms with Gasteiger partial charge in [-0.2, -0.15) is 0 Å². The van der Waals surface area contributed by atoms with Crippen LogP contribution in [0, 0.1) is 3.82 Å². The highest BCUT2D eigenvalue weighted by molar-refractivity contribution is 7.79. The zero-order chi connectivity index (χ0) is 18.8. The second-order valence-corrected chi connectivity index (χ2v) is 10.9. The smallest absolute Gasteiger partial charge is 0.123 e. The van der Waals surface area contributed by atoms with Crippen molar-refractivity contribution in [2.45, 2.75) is 78.1 Å². The number of hydrogen-bond donors (Lipinski definition) is 1. The molecule has 0 spiro atoms. The SMILES string of the molecule is CCCC(C)(C)c1cc(-c2cssc2=S)cc(C(C)(C)CCC)c1O. The van der Waals surface area contributed by atoms with E-state index in [4.69, 9.17) is 12.2 Å². The zero-order valence-corrected chi connectivity index (χ0v) is 18.7. The summed E-state index contributed by atoms with van der Waals surface area (Å²) in [4.78, 5) is 0. The highest BCUT2D eigenvalue weighted by Crippen LogP contribution is 2.45. The quantitative estimate of drug-likeness (QED) is 0.378. The summed E-state index contributed by atoms with van der Waals surface area (Å²) in [7, 11) is 3.33. The molecule has 0 atom stereocenters. The monoisotopic (exact) mass is 394 g/mol. The number of hydrogen-bond acceptors (Lipinski definition) is 4. The molecule has 1 heterocycles. The molecule has 1 nitrogen and oxygen atoms in total. The molecule has 0 amide bonds. The number of rotatable bonds is 7. The van der Waals surface area contributed by atoms with Gasteiger partial charge in [0.25, 0.3) is 0 Å². The molecule has 0 saturated heterocycles. The van der Waals surface area contributed by atoms with Gasteiger partial charge in [-0.05, 0) is 41.4 Å². The largest absolute Gasteiger partial charge is 0.507 e. The minimum atomic E-state index is -0.0625. The highest BCUT2D eigenvalue weighted by Gasteiger charge is 2.31. The van der Waals surface area contributed by atoms with Crippen LogP contribution in [0.3, 0.4) is 0 Å². The predicted octanol–water partition coefficient (Wildman–Crippen LogP) is 8.07. The lowest BCUT2D eigenvalue weighted by Gasteiger charge is -2.32. The maximum Gasteiger partial charge on any atom is 0.123 e. The molecule has 0 aliphatic rings. The Balaban J connectivity index is 2.76. The second-order valence-electron chi connectivity index (χ2n) is 8.19. The highest BCUT2D eigenvalue weighted by atomic mass is 32.9. The first-order valence-corrected chi connectivity index (χ1v) is 11.7. The summed E-state index contributed by atoms with van der Waals surface area (Å²) in [5, 5.41) is 13.3. The molecule has 1 N–H and O–H groups in total. The van der Waals surface area contributed by atoms with Crippen LogP contribution in [-0.4, -0.2) is 5.11 Å². The third-order valence-electron chi connectivity index (χ3n) is 5.14. The molecule has 0 bridgehead atoms. The molecule has 0 radical (unpaired) electrons. The maximum atomic E-state index is 11.2. The van der Waals surface area contributed by atoms with E-state index in [9.17, 15) is 5.11 Å². The molecule has 4 heteroatoms. The number of aromatic hydroxyl groups is 1. The van der Waals surface area contributed by atoms with Crippen LogP contribution in [0.15, 0.2) is 17.5 Å². The summed E-state index contributed by atoms with van der Waals surface area (Å²) >= 11 is 5.54. The Kier molecular flexibility index (Phi) is 6.50. The van der Waals surface area contributed by atoms with Gasteiger partial charge < -0.3 is 5.11 Å². The van der Waals surface area contributed by atoms with Crippen LogP contribution in [0.5, 0.6) is 5.75 Å². The minimum Gasteiger partial charge on any atom is -0.507 e. The molecule has 2 aromatic rings. The first kappa shape index (κ1) is 20.6. The van der Waals surface area contributed by atoms with Gasteiger partial charge in [-0.3, -0.25) is 0 Å². The van der Waals surface area contributed by atoms with Crippen LogP contribution >= 0.6 is 32.9 Å². The first-order chi connectivity index (χ1) is 11.6. The van der Waals surface area contributed by atoms with Gasteiger partial charge in [-0.25, -0.2) is 0 Å². The van der Waals surface area contributed by atoms with Crippen molar-refractivity contribution < 1.29 is 5.11 Å². The van der Waals surface area contributed by atoms with Crippen molar-refractivity contribution in [3.63, 3.8) is 0 Å². The van der Waals surface area contributed by atoms with Gasteiger partial charge in [0, 0.05) is 22.1 Å². The Morgan fingerprint density at radius 1 is 0.960 bits per heavy atom. The maximum absolute atomic E-state index is 11.2. The second kappa shape index (κ2) is 7.89. The van der Waals surface area contributed by atoms with Gasteiger partial charge in [-0.1, -0.05) is 87.3 Å². The third kappa shape index (κ3) is 4.35. The Morgan fingerprint density at radius 3 is 1.80 bits per heavy atom. The lowest BCUT2D eigenvalue weighted by atomic mass is 9.73. The van der Waals surface area contributed by atoms with Crippen LogP contribution in [0.4, 0.5) is 0 Å². The van der Waals surface area contributed by atoms with Crippen molar-refractivity contribution in [3.05, 3.63) is 32.5 Å². The van der Waals surface area contributed by atoms with Crippen LogP contribution in [0.25, 0.3) is 11.1 Å². The molecule has 1 aromatic heterocycles. The molecular weight excluding hydrogens is 364 g/mol. The van der Waals surface area contributed by atoms with Crippen molar-refractivity contribution >= 4 is 32.9 Å². The minimum absolute atomic E-state index is 0.0625. The molecule has 1 aromatic carbocycles. The molecule has 2 rings (SSSR count). The normalized spacial score (nSPS) is 12.6. The van der Waals surface area contributed by atoms with E-state index in [0.29, 0.717) is 5.75 Å². The Bertz CT molecular complexity index is 741. The standard InChI is InChI=1S/C21H30OS3/c1-7-9-20(3,4)16-11-14(15-13-24-25-19(15)23)12-17(18(16)22)21(5,6)10-8-2/h11-13,22H,7-10H2,1-6H3. The van der Waals surface area contributed by atoms with Gasteiger partial charge in [0.05, 0.1) is 0 Å². The molecule has 25 heavy (non-hydrogen) atoms. The summed E-state index contributed by atoms with van der Waals surface area (Å²) in [5.41, 5.74) is 4.26. The van der Waals surface area contributed by atoms with E-state index in [2.05, 4.69) is 59.1 Å². The number of phenols is 1. The van der Waals surface area contributed by atoms with E-state index < -0.39 is 0 Å². The zero-order valence-electron chi connectivity index (χ0n) is 16.2. The van der Waals surface area contributed by atoms with Crippen molar-refractivity contribution in [2.24, 2.45) is 0 Å². The van der Waals surface area contributed by atoms with Crippen molar-refractivity contribution in [1.82, 2.24) is 0 Å². The average Bonchev–Trinajstić information content (AvgIpc) is 2.93. The van der Waals surface area contributed by atoms with Gasteiger partial charge in [-0.15, -0.1) is 0 Å². The lowest BCUT2D eigenvalue weighted by Crippen LogP contribution is -2.22. The Hall–Kier alpha value is -0.710. The summed E-state index contributed by atoms with van der Waals surface area (Å²) in [6.07, 6.45) is 4.28. The lowest BCUT2D eigenvalue weighted by molar-refractivity contribution is 0.389. The summed E-state index contributed by atoms with van der Waals surface area (Å²) in [6.45, 7) is 13.3.